The first kappa shape index (κ1) is 20.2. The van der Waals surface area contributed by atoms with Gasteiger partial charge in [0, 0.05) is 17.2 Å². The molecule has 0 saturated heterocycles. The van der Waals surface area contributed by atoms with Gasteiger partial charge in [0.15, 0.2) is 0 Å². The van der Waals surface area contributed by atoms with Gasteiger partial charge in [-0.3, -0.25) is 0 Å². The van der Waals surface area contributed by atoms with Gasteiger partial charge in [-0.15, -0.1) is 11.3 Å². The third-order valence-electron chi connectivity index (χ3n) is 4.75. The van der Waals surface area contributed by atoms with Gasteiger partial charge in [0.05, 0.1) is 9.21 Å². The number of benzene rings is 2. The van der Waals surface area contributed by atoms with Crippen LogP contribution >= 0.6 is 34.5 Å². The summed E-state index contributed by atoms with van der Waals surface area (Å²) in [6.45, 7) is 4.86. The molecule has 27 heavy (non-hydrogen) atoms. The molecule has 0 aliphatic carbocycles. The highest BCUT2D eigenvalue weighted by Gasteiger charge is 2.13. The summed E-state index contributed by atoms with van der Waals surface area (Å²) >= 11 is 13.8. The van der Waals surface area contributed by atoms with Gasteiger partial charge in [-0.2, -0.15) is 0 Å². The number of halogens is 2. The number of rotatable bonds is 7. The summed E-state index contributed by atoms with van der Waals surface area (Å²) in [5.41, 5.74) is 5.78. The second-order valence-corrected chi connectivity index (χ2v) is 8.69. The number of aliphatic hydroxyl groups excluding tert-OH is 1. The van der Waals surface area contributed by atoms with E-state index >= 15 is 0 Å². The van der Waals surface area contributed by atoms with Crippen LogP contribution in [0.3, 0.4) is 0 Å². The summed E-state index contributed by atoms with van der Waals surface area (Å²) in [6, 6.07) is 13.8. The fraction of sp³-hybridized carbons (Fsp3) is 0.273. The largest absolute Gasteiger partial charge is 0.488 e. The van der Waals surface area contributed by atoms with Crippen molar-refractivity contribution < 1.29 is 9.84 Å². The molecule has 1 heterocycles. The van der Waals surface area contributed by atoms with Crippen LogP contribution in [0.15, 0.2) is 42.5 Å². The predicted octanol–water partition coefficient (Wildman–Crippen LogP) is 6.84. The first-order valence-corrected chi connectivity index (χ1v) is 10.4. The zero-order valence-electron chi connectivity index (χ0n) is 15.4. The minimum absolute atomic E-state index is 0.212. The number of hydrogen-bond donors (Lipinski definition) is 1. The van der Waals surface area contributed by atoms with Crippen LogP contribution in [-0.4, -0.2) is 11.7 Å². The smallest absolute Gasteiger partial charge is 0.123 e. The van der Waals surface area contributed by atoms with Crippen molar-refractivity contribution in [3.8, 4) is 16.9 Å². The highest BCUT2D eigenvalue weighted by Crippen LogP contribution is 2.36. The Labute approximate surface area is 174 Å². The van der Waals surface area contributed by atoms with E-state index in [0.717, 1.165) is 44.5 Å². The third-order valence-corrected chi connectivity index (χ3v) is 6.24. The Balaban J connectivity index is 1.79. The third kappa shape index (κ3) is 4.85. The van der Waals surface area contributed by atoms with Gasteiger partial charge < -0.3 is 9.84 Å². The van der Waals surface area contributed by atoms with Gasteiger partial charge >= 0.3 is 0 Å². The van der Waals surface area contributed by atoms with Crippen molar-refractivity contribution in [2.24, 2.45) is 0 Å². The zero-order chi connectivity index (χ0) is 19.4. The molecular weight excluding hydrogens is 399 g/mol. The van der Waals surface area contributed by atoms with Gasteiger partial charge in [-0.25, -0.2) is 0 Å². The van der Waals surface area contributed by atoms with E-state index in [-0.39, 0.29) is 6.61 Å². The van der Waals surface area contributed by atoms with Gasteiger partial charge in [-0.05, 0) is 73.2 Å². The highest BCUT2D eigenvalue weighted by atomic mass is 35.5. The standard InChI is InChI=1S/C22H22Cl2O2S/c1-14-15(2)20(10-7-16(14)4-3-11-25)26-13-21-19(12-22(24)27-21)17-5-8-18(23)9-6-17/h5-10,12,25H,3-4,11,13H2,1-2H3. The molecule has 2 nitrogen and oxygen atoms in total. The van der Waals surface area contributed by atoms with Crippen molar-refractivity contribution >= 4 is 34.5 Å². The molecule has 1 N–H and O–H groups in total. The molecule has 0 saturated carbocycles. The summed E-state index contributed by atoms with van der Waals surface area (Å²) in [4.78, 5) is 1.09. The Morgan fingerprint density at radius 1 is 1.00 bits per heavy atom. The Morgan fingerprint density at radius 3 is 2.44 bits per heavy atom. The fourth-order valence-electron chi connectivity index (χ4n) is 3.07. The van der Waals surface area contributed by atoms with Crippen molar-refractivity contribution in [1.82, 2.24) is 0 Å². The fourth-order valence-corrected chi connectivity index (χ4v) is 4.40. The summed E-state index contributed by atoms with van der Waals surface area (Å²) in [6.07, 6.45) is 1.66. The molecule has 0 spiro atoms. The lowest BCUT2D eigenvalue weighted by Gasteiger charge is -2.14. The lowest BCUT2D eigenvalue weighted by molar-refractivity contribution is 0.288. The average molecular weight is 421 g/mol. The Bertz CT molecular complexity index is 917. The summed E-state index contributed by atoms with van der Waals surface area (Å²) in [5.74, 6) is 0.881. The molecule has 0 bridgehead atoms. The van der Waals surface area contributed by atoms with E-state index in [2.05, 4.69) is 19.9 Å². The van der Waals surface area contributed by atoms with Crippen molar-refractivity contribution in [2.45, 2.75) is 33.3 Å². The van der Waals surface area contributed by atoms with E-state index in [0.29, 0.717) is 11.6 Å². The molecule has 0 atom stereocenters. The maximum absolute atomic E-state index is 9.05. The van der Waals surface area contributed by atoms with Gasteiger partial charge in [0.1, 0.15) is 12.4 Å². The maximum atomic E-state index is 9.05. The second kappa shape index (κ2) is 9.11. The molecule has 0 amide bonds. The summed E-state index contributed by atoms with van der Waals surface area (Å²) in [7, 11) is 0. The summed E-state index contributed by atoms with van der Waals surface area (Å²) < 4.78 is 6.88. The van der Waals surface area contributed by atoms with E-state index in [9.17, 15) is 0 Å². The molecule has 0 unspecified atom stereocenters. The van der Waals surface area contributed by atoms with Gasteiger partial charge in [0.2, 0.25) is 0 Å². The first-order valence-electron chi connectivity index (χ1n) is 8.86. The maximum Gasteiger partial charge on any atom is 0.123 e. The lowest BCUT2D eigenvalue weighted by Crippen LogP contribution is -2.00. The molecule has 0 radical (unpaired) electrons. The van der Waals surface area contributed by atoms with Crippen molar-refractivity contribution in [3.63, 3.8) is 0 Å². The first-order chi connectivity index (χ1) is 13.0. The van der Waals surface area contributed by atoms with Crippen molar-refractivity contribution in [2.75, 3.05) is 6.61 Å². The van der Waals surface area contributed by atoms with E-state index in [1.54, 1.807) is 0 Å². The topological polar surface area (TPSA) is 29.5 Å². The molecule has 1 aromatic heterocycles. The van der Waals surface area contributed by atoms with E-state index in [1.807, 2.05) is 36.4 Å². The van der Waals surface area contributed by atoms with Crippen LogP contribution in [0.25, 0.3) is 11.1 Å². The summed E-state index contributed by atoms with van der Waals surface area (Å²) in [5, 5.41) is 9.76. The normalized spacial score (nSPS) is 11.0. The number of hydrogen-bond acceptors (Lipinski definition) is 3. The zero-order valence-corrected chi connectivity index (χ0v) is 17.7. The average Bonchev–Trinajstić information content (AvgIpc) is 3.03. The quantitative estimate of drug-likeness (QED) is 0.452. The molecule has 142 valence electrons. The molecule has 3 rings (SSSR count). The molecule has 2 aromatic carbocycles. The van der Waals surface area contributed by atoms with Crippen LogP contribution in [0.4, 0.5) is 0 Å². The second-order valence-electron chi connectivity index (χ2n) is 6.48. The van der Waals surface area contributed by atoms with E-state index in [4.69, 9.17) is 33.0 Å². The number of aryl methyl sites for hydroxylation is 1. The number of thiophene rings is 1. The van der Waals surface area contributed by atoms with Crippen LogP contribution in [0, 0.1) is 13.8 Å². The van der Waals surface area contributed by atoms with Crippen LogP contribution in [-0.2, 0) is 13.0 Å². The van der Waals surface area contributed by atoms with E-state index in [1.165, 1.54) is 22.5 Å². The number of aliphatic hydroxyl groups is 1. The van der Waals surface area contributed by atoms with Crippen LogP contribution < -0.4 is 4.74 Å². The molecule has 3 aromatic rings. The molecular formula is C22H22Cl2O2S. The van der Waals surface area contributed by atoms with Gasteiger partial charge in [-0.1, -0.05) is 41.4 Å². The SMILES string of the molecule is Cc1c(CCCO)ccc(OCc2sc(Cl)cc2-c2ccc(Cl)cc2)c1C. The molecule has 0 aliphatic heterocycles. The molecule has 0 fully saturated rings. The van der Waals surface area contributed by atoms with Crippen molar-refractivity contribution in [1.29, 1.82) is 0 Å². The lowest BCUT2D eigenvalue weighted by atomic mass is 9.99. The predicted molar refractivity (Wildman–Crippen MR) is 115 cm³/mol. The highest BCUT2D eigenvalue weighted by molar-refractivity contribution is 7.16. The van der Waals surface area contributed by atoms with Crippen molar-refractivity contribution in [3.05, 3.63) is 73.4 Å². The minimum atomic E-state index is 0.212. The van der Waals surface area contributed by atoms with Crippen LogP contribution in [0.1, 0.15) is 28.0 Å². The minimum Gasteiger partial charge on any atom is -0.488 e. The van der Waals surface area contributed by atoms with Crippen LogP contribution in [0.5, 0.6) is 5.75 Å². The monoisotopic (exact) mass is 420 g/mol. The molecule has 5 heteroatoms. The van der Waals surface area contributed by atoms with Gasteiger partial charge in [0.25, 0.3) is 0 Å². The molecule has 0 aliphatic rings. The Morgan fingerprint density at radius 2 is 1.74 bits per heavy atom. The Hall–Kier alpha value is -1.52. The van der Waals surface area contributed by atoms with Crippen LogP contribution in [0.2, 0.25) is 9.36 Å². The Kier molecular flexibility index (Phi) is 6.83. The van der Waals surface area contributed by atoms with E-state index < -0.39 is 0 Å². The number of ether oxygens (including phenoxy) is 1.